The lowest BCUT2D eigenvalue weighted by atomic mass is 10.1. The van der Waals surface area contributed by atoms with Gasteiger partial charge in [0, 0.05) is 5.70 Å². The Bertz CT molecular complexity index is 280. The van der Waals surface area contributed by atoms with E-state index in [0.29, 0.717) is 0 Å². The predicted octanol–water partition coefficient (Wildman–Crippen LogP) is 2.14. The van der Waals surface area contributed by atoms with Crippen molar-refractivity contribution in [3.63, 3.8) is 0 Å². The molecule has 1 unspecified atom stereocenters. The van der Waals surface area contributed by atoms with E-state index in [2.05, 4.69) is 24.1 Å². The van der Waals surface area contributed by atoms with Crippen LogP contribution in [-0.2, 0) is 4.79 Å². The van der Waals surface area contributed by atoms with Gasteiger partial charge in [0.25, 0.3) is 0 Å². The van der Waals surface area contributed by atoms with E-state index in [1.54, 1.807) is 19.2 Å². The maximum Gasteiger partial charge on any atom is 0.241 e. The number of nitrogens with one attached hydrogen (secondary N) is 2. The van der Waals surface area contributed by atoms with Crippen LogP contribution in [0.5, 0.6) is 0 Å². The third-order valence-electron chi connectivity index (χ3n) is 2.23. The molecule has 0 aliphatic carbocycles. The summed E-state index contributed by atoms with van der Waals surface area (Å²) in [6, 6.07) is -0.128. The van der Waals surface area contributed by atoms with Gasteiger partial charge in [-0.05, 0) is 26.5 Å². The smallest absolute Gasteiger partial charge is 0.241 e. The third-order valence-corrected chi connectivity index (χ3v) is 2.23. The molecule has 0 saturated heterocycles. The van der Waals surface area contributed by atoms with E-state index in [1.807, 2.05) is 19.1 Å². The predicted molar refractivity (Wildman–Crippen MR) is 69.0 cm³/mol. The van der Waals surface area contributed by atoms with Crippen LogP contribution in [0.2, 0.25) is 0 Å². The zero-order chi connectivity index (χ0) is 12.4. The van der Waals surface area contributed by atoms with E-state index in [1.165, 1.54) is 0 Å². The monoisotopic (exact) mass is 222 g/mol. The lowest BCUT2D eigenvalue weighted by molar-refractivity contribution is -0.122. The Hall–Kier alpha value is -1.35. The second-order valence-corrected chi connectivity index (χ2v) is 3.46. The standard InChI is InChI=1S/C13H22N2O/c1-5-8-10-11(7-3)15-13(16)12(14-4)9-6-2/h5,7-8,10,12,14H,1,6,9H2,2-4H3,(H,15,16)/b10-8-,11-7+. The highest BCUT2D eigenvalue weighted by atomic mass is 16.2. The molecule has 1 amide bonds. The summed E-state index contributed by atoms with van der Waals surface area (Å²) in [6.45, 7) is 7.54. The minimum atomic E-state index is -0.128. The molecular weight excluding hydrogens is 200 g/mol. The van der Waals surface area contributed by atoms with E-state index in [4.69, 9.17) is 0 Å². The molecule has 0 aliphatic heterocycles. The van der Waals surface area contributed by atoms with Crippen molar-refractivity contribution in [1.82, 2.24) is 10.6 Å². The highest BCUT2D eigenvalue weighted by molar-refractivity contribution is 5.83. The first kappa shape index (κ1) is 14.6. The van der Waals surface area contributed by atoms with Gasteiger partial charge in [-0.3, -0.25) is 4.79 Å². The van der Waals surface area contributed by atoms with Crippen molar-refractivity contribution in [2.45, 2.75) is 32.7 Å². The van der Waals surface area contributed by atoms with Crippen molar-refractivity contribution >= 4 is 5.91 Å². The van der Waals surface area contributed by atoms with Crippen LogP contribution >= 0.6 is 0 Å². The Morgan fingerprint density at radius 2 is 2.19 bits per heavy atom. The van der Waals surface area contributed by atoms with Crippen LogP contribution in [0.4, 0.5) is 0 Å². The van der Waals surface area contributed by atoms with Crippen LogP contribution in [0.15, 0.2) is 36.6 Å². The number of carbonyl (C=O) groups is 1. The van der Waals surface area contributed by atoms with Crippen molar-refractivity contribution in [3.05, 3.63) is 36.6 Å². The minimum absolute atomic E-state index is 0.00571. The van der Waals surface area contributed by atoms with Crippen LogP contribution in [0.1, 0.15) is 26.7 Å². The number of hydrogen-bond donors (Lipinski definition) is 2. The van der Waals surface area contributed by atoms with Crippen LogP contribution in [0, 0.1) is 0 Å². The Labute approximate surface area is 98.3 Å². The van der Waals surface area contributed by atoms with E-state index in [0.717, 1.165) is 18.5 Å². The van der Waals surface area contributed by atoms with Gasteiger partial charge >= 0.3 is 0 Å². The largest absolute Gasteiger partial charge is 0.325 e. The molecule has 3 nitrogen and oxygen atoms in total. The lowest BCUT2D eigenvalue weighted by Crippen LogP contribution is -2.41. The van der Waals surface area contributed by atoms with Crippen LogP contribution in [0.3, 0.4) is 0 Å². The lowest BCUT2D eigenvalue weighted by Gasteiger charge is -2.15. The second kappa shape index (κ2) is 8.92. The molecule has 0 spiro atoms. The molecule has 90 valence electrons. The molecule has 0 radical (unpaired) electrons. The van der Waals surface area contributed by atoms with E-state index >= 15 is 0 Å². The van der Waals surface area contributed by atoms with Crippen molar-refractivity contribution in [2.24, 2.45) is 0 Å². The molecule has 0 aromatic rings. The zero-order valence-electron chi connectivity index (χ0n) is 10.4. The molecule has 0 bridgehead atoms. The molecule has 0 saturated carbocycles. The summed E-state index contributed by atoms with van der Waals surface area (Å²) in [6.07, 6.45) is 8.97. The summed E-state index contributed by atoms with van der Waals surface area (Å²) in [7, 11) is 1.80. The van der Waals surface area contributed by atoms with Crippen molar-refractivity contribution < 1.29 is 4.79 Å². The fourth-order valence-electron chi connectivity index (χ4n) is 1.31. The van der Waals surface area contributed by atoms with Crippen LogP contribution in [0.25, 0.3) is 0 Å². The quantitative estimate of drug-likeness (QED) is 0.648. The van der Waals surface area contributed by atoms with Gasteiger partial charge < -0.3 is 10.6 Å². The van der Waals surface area contributed by atoms with Gasteiger partial charge in [0.15, 0.2) is 0 Å². The van der Waals surface area contributed by atoms with E-state index in [9.17, 15) is 4.79 Å². The number of hydrogen-bond acceptors (Lipinski definition) is 2. The topological polar surface area (TPSA) is 41.1 Å². The first-order valence-electron chi connectivity index (χ1n) is 5.63. The average molecular weight is 222 g/mol. The SMILES string of the molecule is C=C/C=C\C(=C/C)NC(=O)C(CCC)NC. The van der Waals surface area contributed by atoms with Crippen LogP contribution in [-0.4, -0.2) is 19.0 Å². The first-order chi connectivity index (χ1) is 7.69. The zero-order valence-corrected chi connectivity index (χ0v) is 10.4. The summed E-state index contributed by atoms with van der Waals surface area (Å²) in [4.78, 5) is 11.8. The van der Waals surface area contributed by atoms with Gasteiger partial charge in [0.2, 0.25) is 5.91 Å². The van der Waals surface area contributed by atoms with Gasteiger partial charge in [0.05, 0.1) is 6.04 Å². The second-order valence-electron chi connectivity index (χ2n) is 3.46. The first-order valence-corrected chi connectivity index (χ1v) is 5.63. The maximum atomic E-state index is 11.8. The number of allylic oxidation sites excluding steroid dienone is 4. The Morgan fingerprint density at radius 1 is 1.50 bits per heavy atom. The number of carbonyl (C=O) groups excluding carboxylic acids is 1. The molecule has 0 aromatic heterocycles. The molecule has 16 heavy (non-hydrogen) atoms. The molecule has 0 heterocycles. The summed E-state index contributed by atoms with van der Waals surface area (Å²) in [5, 5.41) is 5.87. The molecule has 1 atom stereocenters. The summed E-state index contributed by atoms with van der Waals surface area (Å²) in [5.41, 5.74) is 0.793. The Morgan fingerprint density at radius 3 is 2.62 bits per heavy atom. The summed E-state index contributed by atoms with van der Waals surface area (Å²) < 4.78 is 0. The highest BCUT2D eigenvalue weighted by Crippen LogP contribution is 1.99. The number of amides is 1. The fourth-order valence-corrected chi connectivity index (χ4v) is 1.31. The van der Waals surface area contributed by atoms with Gasteiger partial charge in [-0.15, -0.1) is 0 Å². The number of rotatable bonds is 7. The van der Waals surface area contributed by atoms with Gasteiger partial charge in [-0.1, -0.05) is 38.2 Å². The van der Waals surface area contributed by atoms with Crippen LogP contribution < -0.4 is 10.6 Å². The average Bonchev–Trinajstić information content (AvgIpc) is 2.30. The molecule has 0 aromatic carbocycles. The molecule has 0 aliphatic rings. The van der Waals surface area contributed by atoms with Gasteiger partial charge in [-0.25, -0.2) is 0 Å². The molecule has 0 rings (SSSR count). The fraction of sp³-hybridized carbons (Fsp3) is 0.462. The Kier molecular flexibility index (Phi) is 8.17. The molecule has 0 fully saturated rings. The van der Waals surface area contributed by atoms with E-state index in [-0.39, 0.29) is 11.9 Å². The minimum Gasteiger partial charge on any atom is -0.325 e. The van der Waals surface area contributed by atoms with E-state index < -0.39 is 0 Å². The third kappa shape index (κ3) is 5.51. The van der Waals surface area contributed by atoms with Crippen molar-refractivity contribution in [2.75, 3.05) is 7.05 Å². The van der Waals surface area contributed by atoms with Gasteiger partial charge in [-0.2, -0.15) is 0 Å². The van der Waals surface area contributed by atoms with Crippen molar-refractivity contribution in [1.29, 1.82) is 0 Å². The molecule has 3 heteroatoms. The summed E-state index contributed by atoms with van der Waals surface area (Å²) >= 11 is 0. The number of likely N-dealkylation sites (N-methyl/N-ethyl adjacent to an activating group) is 1. The Balaban J connectivity index is 4.39. The van der Waals surface area contributed by atoms with Gasteiger partial charge in [0.1, 0.15) is 0 Å². The molecule has 2 N–H and O–H groups in total. The van der Waals surface area contributed by atoms with Crippen molar-refractivity contribution in [3.8, 4) is 0 Å². The summed E-state index contributed by atoms with van der Waals surface area (Å²) in [5.74, 6) is 0.00571. The maximum absolute atomic E-state index is 11.8. The highest BCUT2D eigenvalue weighted by Gasteiger charge is 2.14. The normalized spacial score (nSPS) is 13.8. The molecular formula is C13H22N2O.